The molecule has 0 bridgehead atoms. The molecule has 2 amide bonds. The maximum atomic E-state index is 12.8. The molecule has 1 aromatic heterocycles. The first kappa shape index (κ1) is 19.2. The quantitative estimate of drug-likeness (QED) is 0.541. The first-order chi connectivity index (χ1) is 14.4. The van der Waals surface area contributed by atoms with Crippen LogP contribution in [0.1, 0.15) is 22.1 Å². The predicted octanol–water partition coefficient (Wildman–Crippen LogP) is 0.979. The van der Waals surface area contributed by atoms with Gasteiger partial charge in [-0.15, -0.1) is 0 Å². The maximum absolute atomic E-state index is 12.8. The van der Waals surface area contributed by atoms with Crippen molar-refractivity contribution in [2.24, 2.45) is 0 Å². The van der Waals surface area contributed by atoms with E-state index in [0.29, 0.717) is 35.1 Å². The first-order valence-electron chi connectivity index (χ1n) is 9.19. The third-order valence-electron chi connectivity index (χ3n) is 4.73. The summed E-state index contributed by atoms with van der Waals surface area (Å²) in [6.07, 6.45) is 0.396. The number of fused-ring (bicyclic) bond motifs is 1. The zero-order chi connectivity index (χ0) is 21.3. The molecule has 0 aliphatic carbocycles. The highest BCUT2D eigenvalue weighted by Gasteiger charge is 2.32. The standard InChI is InChI=1S/C20H20N6O4/c1-26-15-8-12(21)13(22)9-16(15)29-10-14(20(26)28)23-19(27)18-24-17(30-25-18)7-11-5-3-2-4-6-11/h2-6,8-9,14H,7,10,21-22H2,1H3,(H,23,27). The Labute approximate surface area is 171 Å². The van der Waals surface area contributed by atoms with E-state index >= 15 is 0 Å². The molecule has 10 heteroatoms. The van der Waals surface area contributed by atoms with Crippen LogP contribution in [-0.4, -0.2) is 41.7 Å². The van der Waals surface area contributed by atoms with Crippen molar-refractivity contribution in [3.63, 3.8) is 0 Å². The number of nitrogens with two attached hydrogens (primary N) is 2. The molecule has 3 aromatic rings. The van der Waals surface area contributed by atoms with Gasteiger partial charge in [-0.1, -0.05) is 35.5 Å². The van der Waals surface area contributed by atoms with Crippen LogP contribution < -0.4 is 26.4 Å². The Morgan fingerprint density at radius 2 is 1.97 bits per heavy atom. The Morgan fingerprint density at radius 3 is 2.73 bits per heavy atom. The van der Waals surface area contributed by atoms with Gasteiger partial charge in [0.05, 0.1) is 23.5 Å². The number of aromatic nitrogens is 2. The number of nitrogens with one attached hydrogen (secondary N) is 1. The van der Waals surface area contributed by atoms with Gasteiger partial charge in [-0.25, -0.2) is 0 Å². The second kappa shape index (κ2) is 7.74. The van der Waals surface area contributed by atoms with E-state index in [0.717, 1.165) is 5.56 Å². The van der Waals surface area contributed by atoms with Crippen LogP contribution in [0.2, 0.25) is 0 Å². The third kappa shape index (κ3) is 3.75. The molecule has 0 spiro atoms. The van der Waals surface area contributed by atoms with Crippen LogP contribution in [0.3, 0.4) is 0 Å². The summed E-state index contributed by atoms with van der Waals surface area (Å²) >= 11 is 0. The van der Waals surface area contributed by atoms with E-state index in [1.165, 1.54) is 4.90 Å². The largest absolute Gasteiger partial charge is 0.489 e. The molecule has 0 saturated heterocycles. The van der Waals surface area contributed by atoms with Gasteiger partial charge in [0.25, 0.3) is 17.6 Å². The van der Waals surface area contributed by atoms with Crippen LogP contribution in [0.5, 0.6) is 5.75 Å². The smallest absolute Gasteiger partial charge is 0.293 e. The van der Waals surface area contributed by atoms with Crippen LogP contribution in [0, 0.1) is 0 Å². The van der Waals surface area contributed by atoms with Crippen molar-refractivity contribution in [1.29, 1.82) is 0 Å². The fourth-order valence-corrected chi connectivity index (χ4v) is 3.09. The SMILES string of the molecule is CN1C(=O)C(NC(=O)c2noc(Cc3ccccc3)n2)COc2cc(N)c(N)cc21. The molecule has 154 valence electrons. The van der Waals surface area contributed by atoms with E-state index < -0.39 is 11.9 Å². The summed E-state index contributed by atoms with van der Waals surface area (Å²) in [4.78, 5) is 30.8. The van der Waals surface area contributed by atoms with Gasteiger partial charge in [0.15, 0.2) is 0 Å². The lowest BCUT2D eigenvalue weighted by Crippen LogP contribution is -2.49. The lowest BCUT2D eigenvalue weighted by atomic mass is 10.1. The summed E-state index contributed by atoms with van der Waals surface area (Å²) in [5.74, 6) is -0.478. The van der Waals surface area contributed by atoms with Gasteiger partial charge in [0.2, 0.25) is 5.89 Å². The average Bonchev–Trinajstić information content (AvgIpc) is 3.17. The van der Waals surface area contributed by atoms with Gasteiger partial charge in [-0.3, -0.25) is 9.59 Å². The zero-order valence-electron chi connectivity index (χ0n) is 16.2. The molecule has 0 saturated carbocycles. The third-order valence-corrected chi connectivity index (χ3v) is 4.73. The van der Waals surface area contributed by atoms with Crippen LogP contribution in [0.25, 0.3) is 0 Å². The topological polar surface area (TPSA) is 150 Å². The van der Waals surface area contributed by atoms with Gasteiger partial charge in [-0.05, 0) is 11.6 Å². The van der Waals surface area contributed by atoms with Crippen molar-refractivity contribution in [2.45, 2.75) is 12.5 Å². The summed E-state index contributed by atoms with van der Waals surface area (Å²) in [6, 6.07) is 11.7. The molecule has 1 aliphatic rings. The highest BCUT2D eigenvalue weighted by Crippen LogP contribution is 2.35. The molecular formula is C20H20N6O4. The Bertz CT molecular complexity index is 1100. The van der Waals surface area contributed by atoms with E-state index in [1.54, 1.807) is 19.2 Å². The second-order valence-corrected chi connectivity index (χ2v) is 6.86. The number of ether oxygens (including phenoxy) is 1. The number of hydrogen-bond donors (Lipinski definition) is 3. The molecule has 1 unspecified atom stereocenters. The normalized spacial score (nSPS) is 15.8. The number of likely N-dealkylation sites (N-methyl/N-ethyl adjacent to an activating group) is 1. The van der Waals surface area contributed by atoms with E-state index in [1.807, 2.05) is 30.3 Å². The van der Waals surface area contributed by atoms with Crippen LogP contribution in [-0.2, 0) is 11.2 Å². The first-order valence-corrected chi connectivity index (χ1v) is 9.19. The van der Waals surface area contributed by atoms with Gasteiger partial charge in [-0.2, -0.15) is 4.98 Å². The van der Waals surface area contributed by atoms with E-state index in [2.05, 4.69) is 15.5 Å². The van der Waals surface area contributed by atoms with Crippen molar-refractivity contribution >= 4 is 28.9 Å². The molecule has 0 fully saturated rings. The van der Waals surface area contributed by atoms with Gasteiger partial charge < -0.3 is 30.9 Å². The lowest BCUT2D eigenvalue weighted by Gasteiger charge is -2.20. The molecule has 2 aromatic carbocycles. The molecule has 5 N–H and O–H groups in total. The summed E-state index contributed by atoms with van der Waals surface area (Å²) in [5.41, 5.74) is 13.8. The highest BCUT2D eigenvalue weighted by atomic mass is 16.5. The number of hydrogen-bond acceptors (Lipinski definition) is 8. The number of amides is 2. The molecule has 0 radical (unpaired) electrons. The van der Waals surface area contributed by atoms with Crippen LogP contribution >= 0.6 is 0 Å². The molecule has 1 aliphatic heterocycles. The Hall–Kier alpha value is -4.08. The number of carbonyl (C=O) groups excluding carboxylic acids is 2. The fourth-order valence-electron chi connectivity index (χ4n) is 3.09. The van der Waals surface area contributed by atoms with E-state index in [4.69, 9.17) is 20.7 Å². The minimum atomic E-state index is -0.951. The molecular weight excluding hydrogens is 388 g/mol. The summed E-state index contributed by atoms with van der Waals surface area (Å²) < 4.78 is 10.8. The van der Waals surface area contributed by atoms with Crippen LogP contribution in [0.15, 0.2) is 47.0 Å². The summed E-state index contributed by atoms with van der Waals surface area (Å²) in [6.45, 7) is -0.0833. The Balaban J connectivity index is 1.47. The number of nitrogen functional groups attached to an aromatic ring is 2. The number of benzene rings is 2. The molecule has 2 heterocycles. The molecule has 1 atom stereocenters. The Morgan fingerprint density at radius 1 is 1.23 bits per heavy atom. The Kier molecular flexibility index (Phi) is 4.97. The van der Waals surface area contributed by atoms with Gasteiger partial charge in [0, 0.05) is 13.1 Å². The number of nitrogens with zero attached hydrogens (tertiary/aromatic N) is 3. The van der Waals surface area contributed by atoms with Crippen molar-refractivity contribution in [2.75, 3.05) is 30.0 Å². The van der Waals surface area contributed by atoms with Crippen LogP contribution in [0.4, 0.5) is 17.1 Å². The molecule has 30 heavy (non-hydrogen) atoms. The van der Waals surface area contributed by atoms with E-state index in [-0.39, 0.29) is 18.3 Å². The fraction of sp³-hybridized carbons (Fsp3) is 0.200. The minimum Gasteiger partial charge on any atom is -0.489 e. The van der Waals surface area contributed by atoms with Crippen molar-refractivity contribution < 1.29 is 18.8 Å². The summed E-state index contributed by atoms with van der Waals surface area (Å²) in [7, 11) is 1.57. The average molecular weight is 408 g/mol. The van der Waals surface area contributed by atoms with Crippen molar-refractivity contribution in [3.8, 4) is 5.75 Å². The monoisotopic (exact) mass is 408 g/mol. The molecule has 10 nitrogen and oxygen atoms in total. The predicted molar refractivity (Wildman–Crippen MR) is 109 cm³/mol. The minimum absolute atomic E-state index is 0.0833. The van der Waals surface area contributed by atoms with Gasteiger partial charge >= 0.3 is 0 Å². The highest BCUT2D eigenvalue weighted by molar-refractivity contribution is 6.03. The summed E-state index contributed by atoms with van der Waals surface area (Å²) in [5, 5.41) is 6.30. The van der Waals surface area contributed by atoms with Gasteiger partial charge in [0.1, 0.15) is 18.4 Å². The van der Waals surface area contributed by atoms with Crippen molar-refractivity contribution in [3.05, 3.63) is 59.7 Å². The lowest BCUT2D eigenvalue weighted by molar-refractivity contribution is -0.120. The van der Waals surface area contributed by atoms with Crippen molar-refractivity contribution in [1.82, 2.24) is 15.5 Å². The maximum Gasteiger partial charge on any atom is 0.293 e. The second-order valence-electron chi connectivity index (χ2n) is 6.86. The number of rotatable bonds is 4. The number of anilines is 3. The van der Waals surface area contributed by atoms with E-state index in [9.17, 15) is 9.59 Å². The number of carbonyl (C=O) groups is 2. The zero-order valence-corrected chi connectivity index (χ0v) is 16.2. The molecule has 4 rings (SSSR count).